The molecule has 124 valence electrons. The highest BCUT2D eigenvalue weighted by Gasteiger charge is 2.50. The number of carbonyl (C=O) groups excluding carboxylic acids is 2. The molecule has 0 radical (unpaired) electrons. The third kappa shape index (κ3) is 2.77. The topological polar surface area (TPSA) is 89.9 Å². The number of likely N-dealkylation sites (tertiary alicyclic amines) is 1. The summed E-state index contributed by atoms with van der Waals surface area (Å²) in [4.78, 5) is 26.5. The SMILES string of the molecule is O=C(c1ccc(Cl)c(O)c1)N1CC[C@@H](O)[C@@]2(CCCNC2=O)C1. The maximum absolute atomic E-state index is 12.7. The molecule has 23 heavy (non-hydrogen) atoms. The van der Waals surface area contributed by atoms with E-state index in [0.29, 0.717) is 31.5 Å². The molecule has 3 rings (SSSR count). The van der Waals surface area contributed by atoms with Gasteiger partial charge in [-0.05, 0) is 37.5 Å². The van der Waals surface area contributed by atoms with Crippen molar-refractivity contribution >= 4 is 23.4 Å². The van der Waals surface area contributed by atoms with Crippen molar-refractivity contribution in [3.63, 3.8) is 0 Å². The van der Waals surface area contributed by atoms with Crippen molar-refractivity contribution in [3.05, 3.63) is 28.8 Å². The molecule has 0 aliphatic carbocycles. The third-order valence-corrected chi connectivity index (χ3v) is 5.12. The summed E-state index contributed by atoms with van der Waals surface area (Å²) in [7, 11) is 0. The Labute approximate surface area is 139 Å². The van der Waals surface area contributed by atoms with Crippen LogP contribution in [0.25, 0.3) is 0 Å². The molecular weight excluding hydrogens is 320 g/mol. The molecule has 2 aliphatic heterocycles. The number of hydrogen-bond donors (Lipinski definition) is 3. The van der Waals surface area contributed by atoms with Crippen LogP contribution in [-0.4, -0.2) is 52.7 Å². The van der Waals surface area contributed by atoms with E-state index >= 15 is 0 Å². The number of nitrogens with zero attached hydrogens (tertiary/aromatic N) is 1. The lowest BCUT2D eigenvalue weighted by Gasteiger charge is -2.46. The van der Waals surface area contributed by atoms with Crippen molar-refractivity contribution < 1.29 is 19.8 Å². The monoisotopic (exact) mass is 338 g/mol. The molecule has 1 aromatic rings. The molecule has 6 nitrogen and oxygen atoms in total. The van der Waals surface area contributed by atoms with E-state index in [-0.39, 0.29) is 29.1 Å². The van der Waals surface area contributed by atoms with Gasteiger partial charge in [-0.1, -0.05) is 11.6 Å². The quantitative estimate of drug-likeness (QED) is 0.716. The first-order valence-corrected chi connectivity index (χ1v) is 8.06. The summed E-state index contributed by atoms with van der Waals surface area (Å²) < 4.78 is 0. The van der Waals surface area contributed by atoms with E-state index in [2.05, 4.69) is 5.32 Å². The van der Waals surface area contributed by atoms with Gasteiger partial charge >= 0.3 is 0 Å². The largest absolute Gasteiger partial charge is 0.506 e. The Morgan fingerprint density at radius 2 is 2.22 bits per heavy atom. The molecule has 2 fully saturated rings. The number of piperidine rings is 2. The molecule has 3 N–H and O–H groups in total. The number of rotatable bonds is 1. The fourth-order valence-electron chi connectivity index (χ4n) is 3.45. The van der Waals surface area contributed by atoms with Crippen molar-refractivity contribution in [2.24, 2.45) is 5.41 Å². The Morgan fingerprint density at radius 1 is 1.43 bits per heavy atom. The number of aliphatic hydroxyl groups excluding tert-OH is 1. The molecule has 7 heteroatoms. The number of aromatic hydroxyl groups is 1. The average Bonchev–Trinajstić information content (AvgIpc) is 2.54. The molecular formula is C16H19ClN2O4. The van der Waals surface area contributed by atoms with Crippen molar-refractivity contribution in [3.8, 4) is 5.75 Å². The zero-order chi connectivity index (χ0) is 16.6. The Hall–Kier alpha value is -1.79. The van der Waals surface area contributed by atoms with E-state index in [1.54, 1.807) is 11.0 Å². The number of benzene rings is 1. The predicted molar refractivity (Wildman–Crippen MR) is 84.3 cm³/mol. The summed E-state index contributed by atoms with van der Waals surface area (Å²) in [6.45, 7) is 1.16. The summed E-state index contributed by atoms with van der Waals surface area (Å²) in [6, 6.07) is 4.33. The van der Waals surface area contributed by atoms with Gasteiger partial charge in [0.1, 0.15) is 5.75 Å². The molecule has 1 spiro atoms. The summed E-state index contributed by atoms with van der Waals surface area (Å²) in [5.74, 6) is -0.617. The summed E-state index contributed by atoms with van der Waals surface area (Å²) in [5, 5.41) is 23.0. The van der Waals surface area contributed by atoms with E-state index in [4.69, 9.17) is 11.6 Å². The molecule has 0 aromatic heterocycles. The molecule has 2 aliphatic rings. The highest BCUT2D eigenvalue weighted by atomic mass is 35.5. The van der Waals surface area contributed by atoms with Gasteiger partial charge in [0.25, 0.3) is 5.91 Å². The van der Waals surface area contributed by atoms with Crippen LogP contribution in [0.15, 0.2) is 18.2 Å². The average molecular weight is 339 g/mol. The normalized spacial score (nSPS) is 27.8. The lowest BCUT2D eigenvalue weighted by molar-refractivity contribution is -0.147. The second kappa shape index (κ2) is 6.02. The maximum Gasteiger partial charge on any atom is 0.254 e. The lowest BCUT2D eigenvalue weighted by Crippen LogP contribution is -2.62. The van der Waals surface area contributed by atoms with Crippen molar-refractivity contribution in [1.82, 2.24) is 10.2 Å². The summed E-state index contributed by atoms with van der Waals surface area (Å²) >= 11 is 5.77. The highest BCUT2D eigenvalue weighted by Crippen LogP contribution is 2.38. The van der Waals surface area contributed by atoms with Crippen LogP contribution in [0.5, 0.6) is 5.75 Å². The van der Waals surface area contributed by atoms with Gasteiger partial charge < -0.3 is 20.4 Å². The molecule has 2 heterocycles. The Morgan fingerprint density at radius 3 is 2.91 bits per heavy atom. The third-order valence-electron chi connectivity index (χ3n) is 4.80. The number of nitrogens with one attached hydrogen (secondary N) is 1. The number of aliphatic hydroxyl groups is 1. The van der Waals surface area contributed by atoms with Crippen LogP contribution in [-0.2, 0) is 4.79 Å². The summed E-state index contributed by atoms with van der Waals surface area (Å²) in [6.07, 6.45) is 0.964. The Bertz CT molecular complexity index is 651. The van der Waals surface area contributed by atoms with E-state index in [1.165, 1.54) is 12.1 Å². The summed E-state index contributed by atoms with van der Waals surface area (Å²) in [5.41, 5.74) is -0.615. The van der Waals surface area contributed by atoms with E-state index in [0.717, 1.165) is 6.42 Å². The number of phenolic OH excluding ortho intramolecular Hbond substituents is 1. The fourth-order valence-corrected chi connectivity index (χ4v) is 3.56. The zero-order valence-corrected chi connectivity index (χ0v) is 13.3. The first-order chi connectivity index (χ1) is 10.9. The maximum atomic E-state index is 12.7. The van der Waals surface area contributed by atoms with Gasteiger partial charge in [0.15, 0.2) is 0 Å². The van der Waals surface area contributed by atoms with Crippen LogP contribution in [0.3, 0.4) is 0 Å². The van der Waals surface area contributed by atoms with Crippen molar-refractivity contribution in [2.75, 3.05) is 19.6 Å². The van der Waals surface area contributed by atoms with Crippen LogP contribution >= 0.6 is 11.6 Å². The number of amides is 2. The number of halogens is 1. The minimum atomic E-state index is -0.930. The molecule has 0 unspecified atom stereocenters. The Balaban J connectivity index is 1.84. The van der Waals surface area contributed by atoms with E-state index < -0.39 is 11.5 Å². The standard InChI is InChI=1S/C16H19ClN2O4/c17-11-3-2-10(8-12(11)20)14(22)19-7-4-13(21)16(9-19)5-1-6-18-15(16)23/h2-3,8,13,20-21H,1,4-7,9H2,(H,18,23)/t13-,16-/m1/s1. The first-order valence-electron chi connectivity index (χ1n) is 7.68. The van der Waals surface area contributed by atoms with Gasteiger partial charge in [-0.15, -0.1) is 0 Å². The number of carbonyl (C=O) groups is 2. The van der Waals surface area contributed by atoms with Gasteiger partial charge in [-0.3, -0.25) is 9.59 Å². The van der Waals surface area contributed by atoms with Gasteiger partial charge in [0.2, 0.25) is 5.91 Å². The van der Waals surface area contributed by atoms with Crippen molar-refractivity contribution in [2.45, 2.75) is 25.4 Å². The molecule has 2 amide bonds. The smallest absolute Gasteiger partial charge is 0.254 e. The van der Waals surface area contributed by atoms with Crippen LogP contribution < -0.4 is 5.32 Å². The van der Waals surface area contributed by atoms with Crippen LogP contribution in [0, 0.1) is 5.41 Å². The second-order valence-electron chi connectivity index (χ2n) is 6.21. The minimum Gasteiger partial charge on any atom is -0.506 e. The number of phenols is 1. The van der Waals surface area contributed by atoms with Crippen LogP contribution in [0.4, 0.5) is 0 Å². The minimum absolute atomic E-state index is 0.153. The zero-order valence-electron chi connectivity index (χ0n) is 12.6. The van der Waals surface area contributed by atoms with E-state index in [9.17, 15) is 19.8 Å². The predicted octanol–water partition coefficient (Wildman–Crippen LogP) is 1.15. The van der Waals surface area contributed by atoms with Crippen LogP contribution in [0.2, 0.25) is 5.02 Å². The Kier molecular flexibility index (Phi) is 4.21. The number of hydrogen-bond acceptors (Lipinski definition) is 4. The van der Waals surface area contributed by atoms with Gasteiger partial charge in [-0.2, -0.15) is 0 Å². The highest BCUT2D eigenvalue weighted by molar-refractivity contribution is 6.32. The molecule has 2 saturated heterocycles. The molecule has 0 bridgehead atoms. The van der Waals surface area contributed by atoms with Crippen LogP contribution in [0.1, 0.15) is 29.6 Å². The van der Waals surface area contributed by atoms with Crippen molar-refractivity contribution in [1.29, 1.82) is 0 Å². The van der Waals surface area contributed by atoms with Gasteiger partial charge in [0.05, 0.1) is 16.5 Å². The van der Waals surface area contributed by atoms with E-state index in [1.807, 2.05) is 0 Å². The van der Waals surface area contributed by atoms with Gasteiger partial charge in [0, 0.05) is 25.2 Å². The molecule has 1 aromatic carbocycles. The van der Waals surface area contributed by atoms with Gasteiger partial charge in [-0.25, -0.2) is 0 Å². The fraction of sp³-hybridized carbons (Fsp3) is 0.500. The second-order valence-corrected chi connectivity index (χ2v) is 6.62. The molecule has 2 atom stereocenters. The molecule has 0 saturated carbocycles. The lowest BCUT2D eigenvalue weighted by atomic mass is 9.71. The first kappa shape index (κ1) is 16.1.